The molecule has 5 heteroatoms. The van der Waals surface area contributed by atoms with E-state index in [9.17, 15) is 0 Å². The Morgan fingerprint density at radius 2 is 1.71 bits per heavy atom. The normalized spacial score (nSPS) is 12.8. The third kappa shape index (κ3) is 3.18. The van der Waals surface area contributed by atoms with Crippen molar-refractivity contribution in [3.63, 3.8) is 0 Å². The van der Waals surface area contributed by atoms with Crippen LogP contribution >= 0.6 is 62.1 Å². The monoisotopic (exact) mass is 368 g/mol. The van der Waals surface area contributed by atoms with Crippen LogP contribution in [0.1, 0.15) is 21.4 Å². The van der Waals surface area contributed by atoms with Crippen LogP contribution in [0.2, 0.25) is 10.0 Å². The Kier molecular flexibility index (Phi) is 4.43. The number of rotatable bonds is 2. The molecular weight excluding hydrogens is 362 g/mol. The number of aryl methyl sites for hydroxylation is 1. The van der Waals surface area contributed by atoms with Gasteiger partial charge in [-0.15, -0.1) is 22.9 Å². The minimum Gasteiger partial charge on any atom is -0.131 e. The van der Waals surface area contributed by atoms with Crippen molar-refractivity contribution in [2.75, 3.05) is 0 Å². The van der Waals surface area contributed by atoms with Crippen LogP contribution in [0, 0.1) is 6.92 Å². The molecule has 0 aliphatic carbocycles. The third-order valence-corrected chi connectivity index (χ3v) is 5.56. The third-order valence-electron chi connectivity index (χ3n) is 2.30. The molecule has 0 bridgehead atoms. The van der Waals surface area contributed by atoms with Gasteiger partial charge in [0.15, 0.2) is 0 Å². The van der Waals surface area contributed by atoms with Gasteiger partial charge >= 0.3 is 0 Å². The fraction of sp³-hybridized carbons (Fsp3) is 0.167. The number of alkyl halides is 1. The highest BCUT2D eigenvalue weighted by molar-refractivity contribution is 9.11. The predicted octanol–water partition coefficient (Wildman–Crippen LogP) is 6.45. The summed E-state index contributed by atoms with van der Waals surface area (Å²) in [6.07, 6.45) is 0. The summed E-state index contributed by atoms with van der Waals surface area (Å²) >= 11 is 23.5. The lowest BCUT2D eigenvalue weighted by Crippen LogP contribution is -1.90. The SMILES string of the molecule is Cc1cc(C(Cl)c2cc(Cl)cc(Cl)c2)sc1Br. The highest BCUT2D eigenvalue weighted by Crippen LogP contribution is 2.39. The maximum Gasteiger partial charge on any atom is 0.0929 e. The highest BCUT2D eigenvalue weighted by Gasteiger charge is 2.15. The first-order chi connectivity index (χ1) is 7.97. The van der Waals surface area contributed by atoms with E-state index in [0.717, 1.165) is 14.2 Å². The van der Waals surface area contributed by atoms with Crippen molar-refractivity contribution in [2.45, 2.75) is 12.3 Å². The average molecular weight is 371 g/mol. The lowest BCUT2D eigenvalue weighted by atomic mass is 10.1. The highest BCUT2D eigenvalue weighted by atomic mass is 79.9. The van der Waals surface area contributed by atoms with Crippen molar-refractivity contribution in [3.8, 4) is 0 Å². The van der Waals surface area contributed by atoms with Crippen LogP contribution in [0.5, 0.6) is 0 Å². The summed E-state index contributed by atoms with van der Waals surface area (Å²) in [7, 11) is 0. The van der Waals surface area contributed by atoms with Gasteiger partial charge in [0.2, 0.25) is 0 Å². The summed E-state index contributed by atoms with van der Waals surface area (Å²) in [5, 5.41) is 0.984. The van der Waals surface area contributed by atoms with E-state index in [1.165, 1.54) is 5.56 Å². The molecule has 0 fully saturated rings. The van der Waals surface area contributed by atoms with E-state index >= 15 is 0 Å². The molecule has 2 aromatic rings. The molecular formula is C12H8BrCl3S. The van der Waals surface area contributed by atoms with Crippen molar-refractivity contribution in [3.05, 3.63) is 54.1 Å². The van der Waals surface area contributed by atoms with E-state index in [1.807, 2.05) is 19.1 Å². The number of hydrogen-bond donors (Lipinski definition) is 0. The molecule has 17 heavy (non-hydrogen) atoms. The molecule has 1 aromatic heterocycles. The Bertz CT molecular complexity index is 511. The molecule has 0 N–H and O–H groups in total. The van der Waals surface area contributed by atoms with Crippen LogP contribution in [0.4, 0.5) is 0 Å². The van der Waals surface area contributed by atoms with Gasteiger partial charge in [-0.05, 0) is 58.2 Å². The molecule has 2 rings (SSSR count). The van der Waals surface area contributed by atoms with E-state index in [0.29, 0.717) is 10.0 Å². The van der Waals surface area contributed by atoms with Gasteiger partial charge in [-0.2, -0.15) is 0 Å². The van der Waals surface area contributed by atoms with Gasteiger partial charge in [-0.25, -0.2) is 0 Å². The quantitative estimate of drug-likeness (QED) is 0.533. The lowest BCUT2D eigenvalue weighted by Gasteiger charge is -2.08. The molecule has 1 unspecified atom stereocenters. The molecule has 0 amide bonds. The molecule has 1 heterocycles. The van der Waals surface area contributed by atoms with Crippen LogP contribution in [-0.2, 0) is 0 Å². The van der Waals surface area contributed by atoms with E-state index in [-0.39, 0.29) is 5.38 Å². The summed E-state index contributed by atoms with van der Waals surface area (Å²) in [6.45, 7) is 2.04. The Balaban J connectivity index is 2.39. The first-order valence-electron chi connectivity index (χ1n) is 4.83. The zero-order valence-corrected chi connectivity index (χ0v) is 13.5. The standard InChI is InChI=1S/C12H8BrCl3S/c1-6-2-10(17-12(6)13)11(16)7-3-8(14)5-9(15)4-7/h2-5,11H,1H3. The van der Waals surface area contributed by atoms with Gasteiger partial charge in [-0.3, -0.25) is 0 Å². The maximum atomic E-state index is 6.43. The van der Waals surface area contributed by atoms with Crippen LogP contribution in [0.3, 0.4) is 0 Å². The summed E-state index contributed by atoms with van der Waals surface area (Å²) in [4.78, 5) is 1.08. The number of thiophene rings is 1. The van der Waals surface area contributed by atoms with E-state index < -0.39 is 0 Å². The van der Waals surface area contributed by atoms with Crippen LogP contribution in [0.15, 0.2) is 28.1 Å². The van der Waals surface area contributed by atoms with Crippen molar-refractivity contribution in [1.82, 2.24) is 0 Å². The molecule has 0 spiro atoms. The van der Waals surface area contributed by atoms with Crippen LogP contribution < -0.4 is 0 Å². The summed E-state index contributed by atoms with van der Waals surface area (Å²) in [5.41, 5.74) is 2.10. The van der Waals surface area contributed by atoms with Gasteiger partial charge in [-0.1, -0.05) is 23.2 Å². The zero-order chi connectivity index (χ0) is 12.6. The van der Waals surface area contributed by atoms with Gasteiger partial charge in [0.1, 0.15) is 0 Å². The Labute approximate surface area is 128 Å². The molecule has 0 radical (unpaired) electrons. The Morgan fingerprint density at radius 1 is 1.12 bits per heavy atom. The largest absolute Gasteiger partial charge is 0.131 e. The molecule has 0 aliphatic heterocycles. The predicted molar refractivity (Wildman–Crippen MR) is 80.9 cm³/mol. The molecule has 0 saturated heterocycles. The zero-order valence-electron chi connectivity index (χ0n) is 8.81. The Hall–Kier alpha value is 0.270. The van der Waals surface area contributed by atoms with Crippen LogP contribution in [-0.4, -0.2) is 0 Å². The Morgan fingerprint density at radius 3 is 2.18 bits per heavy atom. The lowest BCUT2D eigenvalue weighted by molar-refractivity contribution is 1.18. The fourth-order valence-corrected chi connectivity index (χ4v) is 3.94. The number of halogens is 4. The second kappa shape index (κ2) is 5.50. The second-order valence-corrected chi connectivity index (χ2v) is 7.38. The second-order valence-electron chi connectivity index (χ2n) is 3.67. The molecule has 0 saturated carbocycles. The van der Waals surface area contributed by atoms with Gasteiger partial charge < -0.3 is 0 Å². The minimum absolute atomic E-state index is 0.221. The molecule has 0 nitrogen and oxygen atoms in total. The van der Waals surface area contributed by atoms with Crippen LogP contribution in [0.25, 0.3) is 0 Å². The van der Waals surface area contributed by atoms with Gasteiger partial charge in [0.25, 0.3) is 0 Å². The van der Waals surface area contributed by atoms with E-state index in [2.05, 4.69) is 22.0 Å². The summed E-state index contributed by atoms with van der Waals surface area (Å²) < 4.78 is 1.10. The van der Waals surface area contributed by atoms with Crippen molar-refractivity contribution >= 4 is 62.1 Å². The van der Waals surface area contributed by atoms with Gasteiger partial charge in [0.05, 0.1) is 9.16 Å². The molecule has 0 aliphatic rings. The van der Waals surface area contributed by atoms with Gasteiger partial charge in [0, 0.05) is 14.9 Å². The molecule has 1 aromatic carbocycles. The number of benzene rings is 1. The fourth-order valence-electron chi connectivity index (χ4n) is 1.49. The van der Waals surface area contributed by atoms with Crippen molar-refractivity contribution in [1.29, 1.82) is 0 Å². The molecule has 1 atom stereocenters. The van der Waals surface area contributed by atoms with Crippen molar-refractivity contribution in [2.24, 2.45) is 0 Å². The maximum absolute atomic E-state index is 6.43. The summed E-state index contributed by atoms with van der Waals surface area (Å²) in [6, 6.07) is 7.45. The minimum atomic E-state index is -0.221. The molecule has 90 valence electrons. The topological polar surface area (TPSA) is 0 Å². The smallest absolute Gasteiger partial charge is 0.0929 e. The van der Waals surface area contributed by atoms with E-state index in [4.69, 9.17) is 34.8 Å². The number of hydrogen-bond acceptors (Lipinski definition) is 1. The van der Waals surface area contributed by atoms with E-state index in [1.54, 1.807) is 17.4 Å². The van der Waals surface area contributed by atoms with Crippen molar-refractivity contribution < 1.29 is 0 Å². The first-order valence-corrected chi connectivity index (χ1v) is 7.63. The summed E-state index contributed by atoms with van der Waals surface area (Å²) in [5.74, 6) is 0. The average Bonchev–Trinajstić information content (AvgIpc) is 2.57. The first kappa shape index (κ1) is 13.7.